The highest BCUT2D eigenvalue weighted by atomic mass is 16.6. The van der Waals surface area contributed by atoms with Gasteiger partial charge in [-0.1, -0.05) is 0 Å². The van der Waals surface area contributed by atoms with E-state index in [4.69, 9.17) is 0 Å². The number of hydrogen-bond acceptors (Lipinski definition) is 4. The molecule has 0 bridgehead atoms. The van der Waals surface area contributed by atoms with E-state index >= 15 is 0 Å². The van der Waals surface area contributed by atoms with E-state index in [0.29, 0.717) is 16.7 Å². The van der Waals surface area contributed by atoms with Crippen LogP contribution in [0.15, 0.2) is 42.5 Å². The summed E-state index contributed by atoms with van der Waals surface area (Å²) in [7, 11) is 0. The molecule has 0 aromatic heterocycles. The quantitative estimate of drug-likeness (QED) is 0.520. The lowest BCUT2D eigenvalue weighted by atomic mass is 9.99. The Hall–Kier alpha value is -2.69. The van der Waals surface area contributed by atoms with Crippen LogP contribution in [0.2, 0.25) is 0 Å². The number of nitro benzene ring substituents is 1. The highest BCUT2D eigenvalue weighted by molar-refractivity contribution is 6.10. The van der Waals surface area contributed by atoms with Crippen LogP contribution >= 0.6 is 0 Å². The average molecular weight is 257 g/mol. The van der Waals surface area contributed by atoms with Crippen LogP contribution in [0.4, 0.5) is 5.69 Å². The molecule has 0 fully saturated rings. The van der Waals surface area contributed by atoms with E-state index in [1.165, 1.54) is 42.5 Å². The van der Waals surface area contributed by atoms with Crippen molar-refractivity contribution in [3.63, 3.8) is 0 Å². The first-order valence-electron chi connectivity index (χ1n) is 5.58. The van der Waals surface area contributed by atoms with Crippen LogP contribution in [-0.4, -0.2) is 15.8 Å². The summed E-state index contributed by atoms with van der Waals surface area (Å²) >= 11 is 0. The van der Waals surface area contributed by atoms with Crippen molar-refractivity contribution in [2.45, 2.75) is 6.92 Å². The Morgan fingerprint density at radius 3 is 2.32 bits per heavy atom. The number of nitro groups is 1. The lowest BCUT2D eigenvalue weighted by Crippen LogP contribution is -2.03. The molecule has 19 heavy (non-hydrogen) atoms. The highest BCUT2D eigenvalue weighted by Gasteiger charge is 2.13. The van der Waals surface area contributed by atoms with Gasteiger partial charge >= 0.3 is 0 Å². The number of ketones is 1. The van der Waals surface area contributed by atoms with E-state index in [9.17, 15) is 20.0 Å². The van der Waals surface area contributed by atoms with Crippen LogP contribution < -0.4 is 0 Å². The van der Waals surface area contributed by atoms with Gasteiger partial charge in [0.2, 0.25) is 0 Å². The van der Waals surface area contributed by atoms with E-state index in [1.54, 1.807) is 6.92 Å². The standard InChI is InChI=1S/C14H11NO4/c1-9-8-12(16)6-7-13(9)14(17)10-2-4-11(5-3-10)15(18)19/h2-8,16H,1H3. The molecular formula is C14H11NO4. The lowest BCUT2D eigenvalue weighted by Gasteiger charge is -2.05. The van der Waals surface area contributed by atoms with Crippen LogP contribution in [-0.2, 0) is 0 Å². The van der Waals surface area contributed by atoms with Crippen molar-refractivity contribution in [3.8, 4) is 5.75 Å². The van der Waals surface area contributed by atoms with E-state index in [2.05, 4.69) is 0 Å². The van der Waals surface area contributed by atoms with Gasteiger partial charge in [-0.3, -0.25) is 14.9 Å². The topological polar surface area (TPSA) is 80.4 Å². The summed E-state index contributed by atoms with van der Waals surface area (Å²) in [5, 5.41) is 19.8. The van der Waals surface area contributed by atoms with E-state index in [1.807, 2.05) is 0 Å². The Morgan fingerprint density at radius 2 is 1.79 bits per heavy atom. The van der Waals surface area contributed by atoms with E-state index < -0.39 is 4.92 Å². The van der Waals surface area contributed by atoms with Gasteiger partial charge in [0.25, 0.3) is 5.69 Å². The molecule has 0 unspecified atom stereocenters. The molecule has 0 aliphatic rings. The van der Waals surface area contributed by atoms with Gasteiger partial charge in [-0.25, -0.2) is 0 Å². The first kappa shape index (κ1) is 12.8. The zero-order chi connectivity index (χ0) is 14.0. The fraction of sp³-hybridized carbons (Fsp3) is 0.0714. The highest BCUT2D eigenvalue weighted by Crippen LogP contribution is 2.20. The number of aromatic hydroxyl groups is 1. The Kier molecular flexibility index (Phi) is 3.29. The molecule has 0 saturated carbocycles. The molecule has 5 nitrogen and oxygen atoms in total. The third-order valence-electron chi connectivity index (χ3n) is 2.79. The van der Waals surface area contributed by atoms with Crippen LogP contribution in [0.5, 0.6) is 5.75 Å². The summed E-state index contributed by atoms with van der Waals surface area (Å²) in [6, 6.07) is 9.91. The number of aryl methyl sites for hydroxylation is 1. The molecule has 0 radical (unpaired) electrons. The molecule has 0 atom stereocenters. The van der Waals surface area contributed by atoms with E-state index in [0.717, 1.165) is 0 Å². The Morgan fingerprint density at radius 1 is 1.16 bits per heavy atom. The largest absolute Gasteiger partial charge is 0.508 e. The predicted molar refractivity (Wildman–Crippen MR) is 69.4 cm³/mol. The van der Waals surface area contributed by atoms with Gasteiger partial charge in [-0.15, -0.1) is 0 Å². The molecule has 1 N–H and O–H groups in total. The molecular weight excluding hydrogens is 246 g/mol. The summed E-state index contributed by atoms with van der Waals surface area (Å²) in [5.41, 5.74) is 1.44. The van der Waals surface area contributed by atoms with Crippen LogP contribution in [0, 0.1) is 17.0 Å². The number of hydrogen-bond donors (Lipinski definition) is 1. The molecule has 2 rings (SSSR count). The van der Waals surface area contributed by atoms with Crippen molar-refractivity contribution in [1.29, 1.82) is 0 Å². The van der Waals surface area contributed by atoms with Crippen molar-refractivity contribution in [3.05, 3.63) is 69.3 Å². The maximum absolute atomic E-state index is 12.2. The fourth-order valence-corrected chi connectivity index (χ4v) is 1.79. The minimum atomic E-state index is -0.514. The minimum Gasteiger partial charge on any atom is -0.508 e. The van der Waals surface area contributed by atoms with Gasteiger partial charge in [-0.05, 0) is 42.8 Å². The van der Waals surface area contributed by atoms with Gasteiger partial charge in [0.05, 0.1) is 4.92 Å². The fourth-order valence-electron chi connectivity index (χ4n) is 1.79. The lowest BCUT2D eigenvalue weighted by molar-refractivity contribution is -0.384. The third-order valence-corrected chi connectivity index (χ3v) is 2.79. The molecule has 0 heterocycles. The Balaban J connectivity index is 2.36. The van der Waals surface area contributed by atoms with Crippen molar-refractivity contribution >= 4 is 11.5 Å². The smallest absolute Gasteiger partial charge is 0.269 e. The van der Waals surface area contributed by atoms with Gasteiger partial charge in [0, 0.05) is 23.3 Å². The molecule has 2 aromatic carbocycles. The summed E-state index contributed by atoms with van der Waals surface area (Å²) in [6.07, 6.45) is 0. The zero-order valence-electron chi connectivity index (χ0n) is 10.2. The van der Waals surface area contributed by atoms with Crippen molar-refractivity contribution in [1.82, 2.24) is 0 Å². The van der Waals surface area contributed by atoms with Crippen LogP contribution in [0.25, 0.3) is 0 Å². The van der Waals surface area contributed by atoms with Gasteiger partial charge in [-0.2, -0.15) is 0 Å². The maximum atomic E-state index is 12.2. The maximum Gasteiger partial charge on any atom is 0.269 e. The normalized spacial score (nSPS) is 10.2. The number of non-ortho nitro benzene ring substituents is 1. The van der Waals surface area contributed by atoms with E-state index in [-0.39, 0.29) is 17.2 Å². The van der Waals surface area contributed by atoms with Crippen LogP contribution in [0.3, 0.4) is 0 Å². The number of phenolic OH excluding ortho intramolecular Hbond substituents is 1. The van der Waals surface area contributed by atoms with Crippen molar-refractivity contribution in [2.75, 3.05) is 0 Å². The first-order chi connectivity index (χ1) is 8.99. The number of carbonyl (C=O) groups is 1. The molecule has 5 heteroatoms. The Labute approximate surface area is 109 Å². The molecule has 0 saturated heterocycles. The van der Waals surface area contributed by atoms with Gasteiger partial charge in [0.15, 0.2) is 5.78 Å². The number of phenols is 1. The second kappa shape index (κ2) is 4.89. The number of carbonyl (C=O) groups excluding carboxylic acids is 1. The molecule has 0 aliphatic carbocycles. The second-order valence-electron chi connectivity index (χ2n) is 4.13. The molecule has 96 valence electrons. The summed E-state index contributed by atoms with van der Waals surface area (Å²) < 4.78 is 0. The number of benzene rings is 2. The first-order valence-corrected chi connectivity index (χ1v) is 5.58. The Bertz CT molecular complexity index is 647. The molecule has 0 spiro atoms. The monoisotopic (exact) mass is 257 g/mol. The molecule has 2 aromatic rings. The molecule has 0 aliphatic heterocycles. The SMILES string of the molecule is Cc1cc(O)ccc1C(=O)c1ccc([N+](=O)[O-])cc1. The number of nitrogens with zero attached hydrogens (tertiary/aromatic N) is 1. The summed E-state index contributed by atoms with van der Waals surface area (Å²) in [6.45, 7) is 1.72. The zero-order valence-corrected chi connectivity index (χ0v) is 10.2. The van der Waals surface area contributed by atoms with Crippen LogP contribution in [0.1, 0.15) is 21.5 Å². The van der Waals surface area contributed by atoms with Crippen molar-refractivity contribution < 1.29 is 14.8 Å². The summed E-state index contributed by atoms with van der Waals surface area (Å²) in [4.78, 5) is 22.2. The second-order valence-corrected chi connectivity index (χ2v) is 4.13. The number of rotatable bonds is 3. The third kappa shape index (κ3) is 2.60. The molecule has 0 amide bonds. The predicted octanol–water partition coefficient (Wildman–Crippen LogP) is 2.84. The van der Waals surface area contributed by atoms with Gasteiger partial charge < -0.3 is 5.11 Å². The average Bonchev–Trinajstić information content (AvgIpc) is 2.38. The van der Waals surface area contributed by atoms with Crippen molar-refractivity contribution in [2.24, 2.45) is 0 Å². The summed E-state index contributed by atoms with van der Waals surface area (Å²) in [5.74, 6) is -0.134. The van der Waals surface area contributed by atoms with Gasteiger partial charge in [0.1, 0.15) is 5.75 Å². The minimum absolute atomic E-state index is 0.0565.